The maximum absolute atomic E-state index is 10.9. The number of nitro groups is 1. The molecule has 0 aliphatic heterocycles. The van der Waals surface area contributed by atoms with Crippen molar-refractivity contribution in [1.82, 2.24) is 4.90 Å². The third kappa shape index (κ3) is 4.99. The normalized spacial score (nSPS) is 11.3. The lowest BCUT2D eigenvalue weighted by atomic mass is 10.1. The summed E-state index contributed by atoms with van der Waals surface area (Å²) in [7, 11) is 1.67. The van der Waals surface area contributed by atoms with Gasteiger partial charge in [-0.1, -0.05) is 13.8 Å². The minimum absolute atomic E-state index is 0.0791. The molecular weight excluding hydrogens is 270 g/mol. The average molecular weight is 295 g/mol. The van der Waals surface area contributed by atoms with Crippen LogP contribution in [0.4, 0.5) is 11.4 Å². The molecule has 0 amide bonds. The Labute approximate surface area is 126 Å². The van der Waals surface area contributed by atoms with E-state index in [1.165, 1.54) is 6.07 Å². The highest BCUT2D eigenvalue weighted by Crippen LogP contribution is 2.23. The molecule has 0 atom stereocenters. The standard InChI is InChI=1S/C15H25N3O3/c1-4-13(5-2)17(8-9-21-3)11-12-10-14(18(19)20)6-7-15(12)16/h6-7,10,13H,4-5,8-9,11,16H2,1-3H3. The second-order valence-electron chi connectivity index (χ2n) is 5.07. The number of rotatable bonds is 9. The monoisotopic (exact) mass is 295 g/mol. The van der Waals surface area contributed by atoms with Gasteiger partial charge in [0.2, 0.25) is 0 Å². The SMILES string of the molecule is CCC(CC)N(CCOC)Cc1cc([N+](=O)[O-])ccc1N. The van der Waals surface area contributed by atoms with Crippen molar-refractivity contribution in [2.75, 3.05) is 26.0 Å². The Morgan fingerprint density at radius 1 is 1.38 bits per heavy atom. The van der Waals surface area contributed by atoms with Crippen molar-refractivity contribution in [3.8, 4) is 0 Å². The maximum Gasteiger partial charge on any atom is 0.269 e. The number of benzene rings is 1. The molecule has 0 aromatic heterocycles. The largest absolute Gasteiger partial charge is 0.398 e. The molecule has 118 valence electrons. The molecule has 0 saturated heterocycles. The molecule has 0 fully saturated rings. The number of nitrogen functional groups attached to an aromatic ring is 1. The summed E-state index contributed by atoms with van der Waals surface area (Å²) in [6.45, 7) is 6.30. The van der Waals surface area contributed by atoms with Crippen LogP contribution in [0.25, 0.3) is 0 Å². The predicted molar refractivity (Wildman–Crippen MR) is 84.2 cm³/mol. The maximum atomic E-state index is 10.9. The molecule has 1 aromatic carbocycles. The fraction of sp³-hybridized carbons (Fsp3) is 0.600. The summed E-state index contributed by atoms with van der Waals surface area (Å²) in [5.41, 5.74) is 7.44. The third-order valence-corrected chi connectivity index (χ3v) is 3.75. The number of ether oxygens (including phenoxy) is 1. The number of nitrogens with zero attached hydrogens (tertiary/aromatic N) is 2. The van der Waals surface area contributed by atoms with Gasteiger partial charge in [0.15, 0.2) is 0 Å². The van der Waals surface area contributed by atoms with Crippen LogP contribution in [-0.4, -0.2) is 36.1 Å². The van der Waals surface area contributed by atoms with Gasteiger partial charge in [0, 0.05) is 44.1 Å². The Bertz CT molecular complexity index is 461. The minimum atomic E-state index is -0.389. The van der Waals surface area contributed by atoms with Crippen molar-refractivity contribution in [3.05, 3.63) is 33.9 Å². The lowest BCUT2D eigenvalue weighted by molar-refractivity contribution is -0.384. The lowest BCUT2D eigenvalue weighted by Crippen LogP contribution is -2.36. The minimum Gasteiger partial charge on any atom is -0.398 e. The van der Waals surface area contributed by atoms with E-state index in [9.17, 15) is 10.1 Å². The zero-order chi connectivity index (χ0) is 15.8. The molecule has 0 bridgehead atoms. The van der Waals surface area contributed by atoms with E-state index in [2.05, 4.69) is 18.7 Å². The molecule has 0 unspecified atom stereocenters. The van der Waals surface area contributed by atoms with Gasteiger partial charge in [-0.2, -0.15) is 0 Å². The Balaban J connectivity index is 2.95. The van der Waals surface area contributed by atoms with Crippen LogP contribution in [-0.2, 0) is 11.3 Å². The zero-order valence-electron chi connectivity index (χ0n) is 13.0. The summed E-state index contributed by atoms with van der Waals surface area (Å²) in [5, 5.41) is 10.9. The number of anilines is 1. The van der Waals surface area contributed by atoms with E-state index in [0.717, 1.165) is 24.9 Å². The molecule has 0 aliphatic rings. The van der Waals surface area contributed by atoms with Crippen LogP contribution in [0.1, 0.15) is 32.3 Å². The molecule has 0 heterocycles. The Kier molecular flexibility index (Phi) is 7.11. The summed E-state index contributed by atoms with van der Waals surface area (Å²) in [6, 6.07) is 5.03. The van der Waals surface area contributed by atoms with Crippen molar-refractivity contribution in [2.45, 2.75) is 39.3 Å². The van der Waals surface area contributed by atoms with Crippen LogP contribution in [0.15, 0.2) is 18.2 Å². The molecular formula is C15H25N3O3. The Morgan fingerprint density at radius 2 is 2.05 bits per heavy atom. The number of methoxy groups -OCH3 is 1. The number of non-ortho nitro benzene ring substituents is 1. The molecule has 21 heavy (non-hydrogen) atoms. The van der Waals surface area contributed by atoms with Crippen molar-refractivity contribution in [1.29, 1.82) is 0 Å². The van der Waals surface area contributed by atoms with Gasteiger partial charge in [0.25, 0.3) is 5.69 Å². The second kappa shape index (κ2) is 8.59. The van der Waals surface area contributed by atoms with E-state index in [-0.39, 0.29) is 10.6 Å². The quantitative estimate of drug-likeness (QED) is 0.430. The predicted octanol–water partition coefficient (Wildman–Crippen LogP) is 2.81. The van der Waals surface area contributed by atoms with Gasteiger partial charge in [-0.15, -0.1) is 0 Å². The highest BCUT2D eigenvalue weighted by molar-refractivity contribution is 5.52. The average Bonchev–Trinajstić information content (AvgIpc) is 2.47. The van der Waals surface area contributed by atoms with Gasteiger partial charge in [-0.05, 0) is 24.5 Å². The first-order valence-electron chi connectivity index (χ1n) is 7.29. The van der Waals surface area contributed by atoms with Gasteiger partial charge < -0.3 is 10.5 Å². The van der Waals surface area contributed by atoms with E-state index >= 15 is 0 Å². The molecule has 1 aromatic rings. The van der Waals surface area contributed by atoms with Crippen molar-refractivity contribution in [3.63, 3.8) is 0 Å². The van der Waals surface area contributed by atoms with Gasteiger partial charge in [-0.25, -0.2) is 0 Å². The van der Waals surface area contributed by atoms with E-state index in [1.54, 1.807) is 19.2 Å². The summed E-state index contributed by atoms with van der Waals surface area (Å²) >= 11 is 0. The Morgan fingerprint density at radius 3 is 2.57 bits per heavy atom. The second-order valence-corrected chi connectivity index (χ2v) is 5.07. The smallest absolute Gasteiger partial charge is 0.269 e. The van der Waals surface area contributed by atoms with Crippen molar-refractivity contribution >= 4 is 11.4 Å². The van der Waals surface area contributed by atoms with E-state index in [1.807, 2.05) is 0 Å². The van der Waals surface area contributed by atoms with Gasteiger partial charge >= 0.3 is 0 Å². The highest BCUT2D eigenvalue weighted by Gasteiger charge is 2.18. The first kappa shape index (κ1) is 17.4. The molecule has 0 aliphatic carbocycles. The Hall–Kier alpha value is -1.66. The zero-order valence-corrected chi connectivity index (χ0v) is 13.0. The van der Waals surface area contributed by atoms with Gasteiger partial charge in [-0.3, -0.25) is 15.0 Å². The van der Waals surface area contributed by atoms with Crippen molar-refractivity contribution < 1.29 is 9.66 Å². The fourth-order valence-electron chi connectivity index (χ4n) is 2.47. The van der Waals surface area contributed by atoms with Crippen molar-refractivity contribution in [2.24, 2.45) is 0 Å². The molecule has 0 spiro atoms. The summed E-state index contributed by atoms with van der Waals surface area (Å²) < 4.78 is 5.16. The third-order valence-electron chi connectivity index (χ3n) is 3.75. The number of hydrogen-bond acceptors (Lipinski definition) is 5. The van der Waals surface area contributed by atoms with Crippen LogP contribution < -0.4 is 5.73 Å². The van der Waals surface area contributed by atoms with Crippen LogP contribution in [0.2, 0.25) is 0 Å². The van der Waals surface area contributed by atoms with Crippen LogP contribution in [0, 0.1) is 10.1 Å². The molecule has 0 radical (unpaired) electrons. The first-order chi connectivity index (χ1) is 10.0. The molecule has 6 heteroatoms. The molecule has 2 N–H and O–H groups in total. The number of nitro benzene ring substituents is 1. The lowest BCUT2D eigenvalue weighted by Gasteiger charge is -2.30. The highest BCUT2D eigenvalue weighted by atomic mass is 16.6. The fourth-order valence-corrected chi connectivity index (χ4v) is 2.47. The summed E-state index contributed by atoms with van der Waals surface area (Å²) in [4.78, 5) is 12.8. The number of hydrogen-bond donors (Lipinski definition) is 1. The van der Waals surface area contributed by atoms with Crippen LogP contribution in [0.5, 0.6) is 0 Å². The van der Waals surface area contributed by atoms with Gasteiger partial charge in [0.1, 0.15) is 0 Å². The first-order valence-corrected chi connectivity index (χ1v) is 7.29. The topological polar surface area (TPSA) is 81.6 Å². The van der Waals surface area contributed by atoms with Crippen LogP contribution in [0.3, 0.4) is 0 Å². The van der Waals surface area contributed by atoms with Gasteiger partial charge in [0.05, 0.1) is 11.5 Å². The molecule has 0 saturated carbocycles. The molecule has 6 nitrogen and oxygen atoms in total. The summed E-state index contributed by atoms with van der Waals surface area (Å²) in [5.74, 6) is 0. The molecule has 1 rings (SSSR count). The van der Waals surface area contributed by atoms with Crippen LogP contribution >= 0.6 is 0 Å². The summed E-state index contributed by atoms with van der Waals surface area (Å²) in [6.07, 6.45) is 2.05. The van der Waals surface area contributed by atoms with E-state index in [4.69, 9.17) is 10.5 Å². The van der Waals surface area contributed by atoms with E-state index in [0.29, 0.717) is 24.9 Å². The van der Waals surface area contributed by atoms with E-state index < -0.39 is 0 Å². The number of nitrogens with two attached hydrogens (primary N) is 1.